The number of carbonyl (C=O) groups excluding carboxylic acids is 1. The molecule has 2 N–H and O–H groups in total. The number of fused-ring (bicyclic) bond motifs is 1. The van der Waals surface area contributed by atoms with Crippen LogP contribution in [-0.4, -0.2) is 16.4 Å². The van der Waals surface area contributed by atoms with E-state index < -0.39 is 11.7 Å². The molecule has 122 valence electrons. The average Bonchev–Trinajstić information content (AvgIpc) is 3.07. The Hall–Kier alpha value is -2.43. The van der Waals surface area contributed by atoms with Gasteiger partial charge in [-0.2, -0.15) is 0 Å². The molecular formula is C18H23N3O2. The third-order valence-corrected chi connectivity index (χ3v) is 3.78. The highest BCUT2D eigenvalue weighted by Gasteiger charge is 2.23. The van der Waals surface area contributed by atoms with Gasteiger partial charge in [0.15, 0.2) is 0 Å². The number of benzene rings is 1. The minimum Gasteiger partial charge on any atom is -0.444 e. The lowest BCUT2D eigenvalue weighted by atomic mass is 10.1. The van der Waals surface area contributed by atoms with Crippen molar-refractivity contribution in [1.29, 1.82) is 0 Å². The average molecular weight is 313 g/mol. The summed E-state index contributed by atoms with van der Waals surface area (Å²) in [6.07, 6.45) is 5.62. The molecule has 0 bridgehead atoms. The number of nitrogens with one attached hydrogen (secondary N) is 2. The molecule has 0 fully saturated rings. The van der Waals surface area contributed by atoms with Gasteiger partial charge >= 0.3 is 6.09 Å². The maximum absolute atomic E-state index is 11.9. The van der Waals surface area contributed by atoms with Gasteiger partial charge in [0.05, 0.1) is 6.04 Å². The second-order valence-corrected chi connectivity index (χ2v) is 6.85. The number of anilines is 1. The summed E-state index contributed by atoms with van der Waals surface area (Å²) in [5, 5.41) is 2.80. The van der Waals surface area contributed by atoms with Gasteiger partial charge < -0.3 is 10.2 Å². The second-order valence-electron chi connectivity index (χ2n) is 6.85. The van der Waals surface area contributed by atoms with Crippen molar-refractivity contribution in [1.82, 2.24) is 4.68 Å². The fourth-order valence-electron chi connectivity index (χ4n) is 2.85. The molecule has 1 aliphatic carbocycles. The Balaban J connectivity index is 1.68. The third-order valence-electron chi connectivity index (χ3n) is 3.78. The van der Waals surface area contributed by atoms with Crippen LogP contribution >= 0.6 is 0 Å². The number of aryl methyl sites for hydroxylation is 1. The first kappa shape index (κ1) is 15.5. The molecule has 5 heteroatoms. The fraction of sp³-hybridized carbons (Fsp3) is 0.389. The number of rotatable bonds is 3. The second kappa shape index (κ2) is 5.99. The normalized spacial score (nSPS) is 16.7. The van der Waals surface area contributed by atoms with Crippen LogP contribution in [0.15, 0.2) is 42.7 Å². The summed E-state index contributed by atoms with van der Waals surface area (Å²) < 4.78 is 7.27. The summed E-state index contributed by atoms with van der Waals surface area (Å²) in [5.74, 6) is 0. The zero-order valence-corrected chi connectivity index (χ0v) is 13.8. The monoisotopic (exact) mass is 313 g/mol. The highest BCUT2D eigenvalue weighted by Crippen LogP contribution is 2.33. The number of hydrogen-bond acceptors (Lipinski definition) is 3. The van der Waals surface area contributed by atoms with E-state index in [2.05, 4.69) is 16.8 Å². The summed E-state index contributed by atoms with van der Waals surface area (Å²) in [7, 11) is 0. The van der Waals surface area contributed by atoms with Gasteiger partial charge in [0.1, 0.15) is 5.60 Å². The van der Waals surface area contributed by atoms with Gasteiger partial charge in [0, 0.05) is 18.1 Å². The molecule has 0 saturated carbocycles. The van der Waals surface area contributed by atoms with Crippen molar-refractivity contribution in [2.24, 2.45) is 0 Å². The molecule has 0 spiro atoms. The first-order chi connectivity index (χ1) is 10.9. The number of nitrogens with zero attached hydrogens (tertiary/aromatic N) is 1. The summed E-state index contributed by atoms with van der Waals surface area (Å²) in [5.41, 5.74) is 6.31. The molecule has 0 aliphatic heterocycles. The Bertz CT molecular complexity index is 687. The van der Waals surface area contributed by atoms with Crippen molar-refractivity contribution in [3.8, 4) is 0 Å². The molecule has 1 aliphatic rings. The quantitative estimate of drug-likeness (QED) is 0.898. The minimum atomic E-state index is -0.493. The Morgan fingerprint density at radius 3 is 2.70 bits per heavy atom. The van der Waals surface area contributed by atoms with Gasteiger partial charge in [-0.25, -0.2) is 4.79 Å². The zero-order valence-electron chi connectivity index (χ0n) is 13.8. The maximum atomic E-state index is 11.9. The summed E-state index contributed by atoms with van der Waals surface area (Å²) in [4.78, 5) is 11.9. The van der Waals surface area contributed by atoms with Crippen molar-refractivity contribution < 1.29 is 9.53 Å². The number of hydrogen-bond donors (Lipinski definition) is 2. The lowest BCUT2D eigenvalue weighted by Crippen LogP contribution is -2.27. The third kappa shape index (κ3) is 3.86. The fourth-order valence-corrected chi connectivity index (χ4v) is 2.85. The van der Waals surface area contributed by atoms with E-state index in [9.17, 15) is 4.79 Å². The van der Waals surface area contributed by atoms with Gasteiger partial charge in [-0.3, -0.25) is 9.99 Å². The van der Waals surface area contributed by atoms with Gasteiger partial charge in [0.25, 0.3) is 0 Å². The first-order valence-electron chi connectivity index (χ1n) is 7.93. The van der Waals surface area contributed by atoms with Crippen LogP contribution in [0.25, 0.3) is 0 Å². The maximum Gasteiger partial charge on any atom is 0.412 e. The predicted octanol–water partition coefficient (Wildman–Crippen LogP) is 4.07. The molecular weight excluding hydrogens is 290 g/mol. The van der Waals surface area contributed by atoms with Crippen molar-refractivity contribution >= 4 is 11.8 Å². The standard InChI is InChI=1S/C18H23N3O2/c1-18(2,3)23-17(22)19-14-7-8-15-13(12-14)6-9-16(15)20-21-10-4-5-11-21/h4-5,7-8,10-12,16,20H,6,9H2,1-3H3,(H,19,22). The Kier molecular flexibility index (Phi) is 4.03. The van der Waals surface area contributed by atoms with E-state index in [1.807, 2.05) is 62.1 Å². The van der Waals surface area contributed by atoms with E-state index in [1.165, 1.54) is 11.1 Å². The Morgan fingerprint density at radius 2 is 2.00 bits per heavy atom. The van der Waals surface area contributed by atoms with E-state index in [4.69, 9.17) is 4.74 Å². The van der Waals surface area contributed by atoms with Crippen molar-refractivity contribution in [3.63, 3.8) is 0 Å². The van der Waals surface area contributed by atoms with Gasteiger partial charge in [-0.15, -0.1) is 0 Å². The van der Waals surface area contributed by atoms with Crippen molar-refractivity contribution in [2.45, 2.75) is 45.3 Å². The lowest BCUT2D eigenvalue weighted by molar-refractivity contribution is 0.0636. The van der Waals surface area contributed by atoms with Gasteiger partial charge in [-0.1, -0.05) is 6.07 Å². The number of carbonyl (C=O) groups is 1. The van der Waals surface area contributed by atoms with Crippen LogP contribution < -0.4 is 10.7 Å². The molecule has 1 aromatic carbocycles. The van der Waals surface area contributed by atoms with Crippen molar-refractivity contribution in [3.05, 3.63) is 53.9 Å². The topological polar surface area (TPSA) is 55.3 Å². The van der Waals surface area contributed by atoms with Crippen LogP contribution in [0.4, 0.5) is 10.5 Å². The van der Waals surface area contributed by atoms with Gasteiger partial charge in [-0.05, 0) is 69.0 Å². The highest BCUT2D eigenvalue weighted by molar-refractivity contribution is 5.85. The highest BCUT2D eigenvalue weighted by atomic mass is 16.6. The molecule has 1 amide bonds. The van der Waals surface area contributed by atoms with Crippen LogP contribution in [-0.2, 0) is 11.2 Å². The van der Waals surface area contributed by atoms with E-state index in [0.29, 0.717) is 6.04 Å². The van der Waals surface area contributed by atoms with Gasteiger partial charge in [0.2, 0.25) is 0 Å². The number of amides is 1. The largest absolute Gasteiger partial charge is 0.444 e. The van der Waals surface area contributed by atoms with E-state index in [0.717, 1.165) is 18.5 Å². The molecule has 1 unspecified atom stereocenters. The smallest absolute Gasteiger partial charge is 0.412 e. The van der Waals surface area contributed by atoms with Crippen LogP contribution in [0.1, 0.15) is 44.4 Å². The molecule has 1 heterocycles. The minimum absolute atomic E-state index is 0.299. The molecule has 1 aromatic heterocycles. The van der Waals surface area contributed by atoms with Crippen LogP contribution in [0.3, 0.4) is 0 Å². The van der Waals surface area contributed by atoms with E-state index >= 15 is 0 Å². The first-order valence-corrected chi connectivity index (χ1v) is 7.93. The van der Waals surface area contributed by atoms with Crippen molar-refractivity contribution in [2.75, 3.05) is 10.7 Å². The molecule has 2 aromatic rings. The SMILES string of the molecule is CC(C)(C)OC(=O)Nc1ccc2c(c1)CCC2Nn1cccc1. The van der Waals surface area contributed by atoms with E-state index in [-0.39, 0.29) is 0 Å². The zero-order chi connectivity index (χ0) is 16.4. The number of aromatic nitrogens is 1. The Morgan fingerprint density at radius 1 is 1.26 bits per heavy atom. The summed E-state index contributed by atoms with van der Waals surface area (Å²) >= 11 is 0. The molecule has 0 radical (unpaired) electrons. The lowest BCUT2D eigenvalue weighted by Gasteiger charge is -2.20. The molecule has 3 rings (SSSR count). The summed E-state index contributed by atoms with van der Waals surface area (Å²) in [6.45, 7) is 5.56. The van der Waals surface area contributed by atoms with Crippen LogP contribution in [0.2, 0.25) is 0 Å². The predicted molar refractivity (Wildman–Crippen MR) is 91.2 cm³/mol. The van der Waals surface area contributed by atoms with Crippen LogP contribution in [0, 0.1) is 0 Å². The molecule has 0 saturated heterocycles. The molecule has 5 nitrogen and oxygen atoms in total. The summed E-state index contributed by atoms with van der Waals surface area (Å²) in [6, 6.07) is 10.3. The van der Waals surface area contributed by atoms with E-state index in [1.54, 1.807) is 0 Å². The Labute approximate surface area is 136 Å². The number of ether oxygens (including phenoxy) is 1. The molecule has 23 heavy (non-hydrogen) atoms. The van der Waals surface area contributed by atoms with Crippen LogP contribution in [0.5, 0.6) is 0 Å². The molecule has 1 atom stereocenters.